The number of sulfonamides is 1. The van der Waals surface area contributed by atoms with Gasteiger partial charge < -0.3 is 0 Å². The van der Waals surface area contributed by atoms with Crippen molar-refractivity contribution in [3.8, 4) is 22.4 Å². The molecule has 0 unspecified atom stereocenters. The minimum atomic E-state index is -3.69. The van der Waals surface area contributed by atoms with E-state index in [-0.39, 0.29) is 17.3 Å². The van der Waals surface area contributed by atoms with Crippen LogP contribution in [0.15, 0.2) is 78.0 Å². The van der Waals surface area contributed by atoms with Gasteiger partial charge in [-0.3, -0.25) is 10.1 Å². The zero-order chi connectivity index (χ0) is 21.1. The van der Waals surface area contributed by atoms with E-state index in [1.807, 2.05) is 19.1 Å². The van der Waals surface area contributed by atoms with Crippen molar-refractivity contribution in [3.05, 3.63) is 90.1 Å². The molecule has 0 aliphatic carbocycles. The molecule has 2 aromatic heterocycles. The van der Waals surface area contributed by atoms with Crippen LogP contribution in [-0.4, -0.2) is 23.6 Å². The van der Waals surface area contributed by atoms with Gasteiger partial charge in [0.05, 0.1) is 17.1 Å². The molecular formula is C22H19FN4O2S. The fourth-order valence-electron chi connectivity index (χ4n) is 3.12. The number of aromatic nitrogens is 3. The van der Waals surface area contributed by atoms with Gasteiger partial charge in [0.2, 0.25) is 10.0 Å². The first-order chi connectivity index (χ1) is 14.4. The lowest BCUT2D eigenvalue weighted by molar-refractivity contribution is 0.580. The molecule has 0 bridgehead atoms. The summed E-state index contributed by atoms with van der Waals surface area (Å²) in [7, 11) is -3.69. The Morgan fingerprint density at radius 3 is 2.27 bits per heavy atom. The topological polar surface area (TPSA) is 87.7 Å². The van der Waals surface area contributed by atoms with E-state index in [2.05, 4.69) is 19.9 Å². The number of rotatable bonds is 6. The van der Waals surface area contributed by atoms with E-state index in [1.165, 1.54) is 12.1 Å². The standard InChI is InChI=1S/C22H19FN4O2S/c1-15-2-8-19(9-3-15)30(28,29)25-14-20-21(16-10-12-24-13-11-16)22(27-26-20)17-4-6-18(23)7-5-17/h2-13,25H,14H2,1H3,(H,26,27). The smallest absolute Gasteiger partial charge is 0.240 e. The van der Waals surface area contributed by atoms with Gasteiger partial charge in [0.25, 0.3) is 0 Å². The number of benzene rings is 2. The summed E-state index contributed by atoms with van der Waals surface area (Å²) < 4.78 is 41.3. The van der Waals surface area contributed by atoms with Gasteiger partial charge in [-0.05, 0) is 61.0 Å². The monoisotopic (exact) mass is 422 g/mol. The second-order valence-corrected chi connectivity index (χ2v) is 8.57. The molecule has 0 radical (unpaired) electrons. The van der Waals surface area contributed by atoms with Gasteiger partial charge >= 0.3 is 0 Å². The molecule has 6 nitrogen and oxygen atoms in total. The molecule has 152 valence electrons. The van der Waals surface area contributed by atoms with Crippen molar-refractivity contribution in [2.75, 3.05) is 0 Å². The third-order valence-corrected chi connectivity index (χ3v) is 6.12. The summed E-state index contributed by atoms with van der Waals surface area (Å²) in [5.41, 5.74) is 4.44. The van der Waals surface area contributed by atoms with Crippen LogP contribution in [0.3, 0.4) is 0 Å². The van der Waals surface area contributed by atoms with Gasteiger partial charge in [-0.1, -0.05) is 17.7 Å². The van der Waals surface area contributed by atoms with Gasteiger partial charge in [0.1, 0.15) is 11.5 Å². The SMILES string of the molecule is Cc1ccc(S(=O)(=O)NCc2[nH]nc(-c3ccc(F)cc3)c2-c2ccncc2)cc1. The molecule has 0 aliphatic heterocycles. The number of pyridine rings is 1. The highest BCUT2D eigenvalue weighted by Gasteiger charge is 2.20. The number of H-pyrrole nitrogens is 1. The molecule has 2 aromatic carbocycles. The first-order valence-electron chi connectivity index (χ1n) is 9.24. The molecule has 0 fully saturated rings. The van der Waals surface area contributed by atoms with Crippen molar-refractivity contribution in [1.82, 2.24) is 19.9 Å². The summed E-state index contributed by atoms with van der Waals surface area (Å²) in [6.45, 7) is 1.91. The number of aryl methyl sites for hydroxylation is 1. The molecule has 0 saturated carbocycles. The van der Waals surface area contributed by atoms with Crippen LogP contribution in [0, 0.1) is 12.7 Å². The number of aromatic amines is 1. The minimum absolute atomic E-state index is 0.0159. The summed E-state index contributed by atoms with van der Waals surface area (Å²) in [6.07, 6.45) is 3.30. The highest BCUT2D eigenvalue weighted by Crippen LogP contribution is 2.33. The van der Waals surface area contributed by atoms with Crippen LogP contribution in [0.2, 0.25) is 0 Å². The molecule has 4 rings (SSSR count). The van der Waals surface area contributed by atoms with Crippen LogP contribution in [0.25, 0.3) is 22.4 Å². The van der Waals surface area contributed by atoms with E-state index >= 15 is 0 Å². The molecule has 0 saturated heterocycles. The molecule has 0 amide bonds. The summed E-state index contributed by atoms with van der Waals surface area (Å²) in [5.74, 6) is -0.342. The van der Waals surface area contributed by atoms with E-state index in [9.17, 15) is 12.8 Å². The fourth-order valence-corrected chi connectivity index (χ4v) is 4.12. The van der Waals surface area contributed by atoms with E-state index in [0.29, 0.717) is 17.0 Å². The highest BCUT2D eigenvalue weighted by atomic mass is 32.2. The van der Waals surface area contributed by atoms with Crippen molar-refractivity contribution >= 4 is 10.0 Å². The van der Waals surface area contributed by atoms with E-state index < -0.39 is 10.0 Å². The van der Waals surface area contributed by atoms with Crippen molar-refractivity contribution in [3.63, 3.8) is 0 Å². The summed E-state index contributed by atoms with van der Waals surface area (Å²) >= 11 is 0. The van der Waals surface area contributed by atoms with E-state index in [0.717, 1.165) is 16.7 Å². The zero-order valence-corrected chi connectivity index (χ0v) is 16.9. The highest BCUT2D eigenvalue weighted by molar-refractivity contribution is 7.89. The van der Waals surface area contributed by atoms with Crippen LogP contribution in [0.4, 0.5) is 4.39 Å². The Hall–Kier alpha value is -3.36. The molecule has 4 aromatic rings. The molecule has 2 N–H and O–H groups in total. The van der Waals surface area contributed by atoms with Crippen LogP contribution in [-0.2, 0) is 16.6 Å². The number of halogens is 1. The Morgan fingerprint density at radius 2 is 1.60 bits per heavy atom. The molecule has 0 spiro atoms. The Bertz CT molecular complexity index is 1250. The normalized spacial score (nSPS) is 11.5. The Balaban J connectivity index is 1.70. The number of nitrogens with one attached hydrogen (secondary N) is 2. The van der Waals surface area contributed by atoms with Gasteiger partial charge in [-0.25, -0.2) is 17.5 Å². The Kier molecular flexibility index (Phi) is 5.43. The van der Waals surface area contributed by atoms with Crippen molar-refractivity contribution in [2.24, 2.45) is 0 Å². The molecule has 8 heteroatoms. The van der Waals surface area contributed by atoms with Crippen molar-refractivity contribution in [2.45, 2.75) is 18.4 Å². The maximum Gasteiger partial charge on any atom is 0.240 e. The zero-order valence-electron chi connectivity index (χ0n) is 16.1. The summed E-state index contributed by atoms with van der Waals surface area (Å²) in [4.78, 5) is 4.23. The third-order valence-electron chi connectivity index (χ3n) is 4.70. The Labute approximate surface area is 173 Å². The molecular weight excluding hydrogens is 403 g/mol. The lowest BCUT2D eigenvalue weighted by Gasteiger charge is -2.09. The van der Waals surface area contributed by atoms with Crippen LogP contribution in [0.1, 0.15) is 11.3 Å². The lowest BCUT2D eigenvalue weighted by Crippen LogP contribution is -2.23. The van der Waals surface area contributed by atoms with Gasteiger partial charge in [0.15, 0.2) is 0 Å². The average Bonchev–Trinajstić information content (AvgIpc) is 3.18. The van der Waals surface area contributed by atoms with Gasteiger partial charge in [-0.2, -0.15) is 5.10 Å². The van der Waals surface area contributed by atoms with E-state index in [1.54, 1.807) is 48.8 Å². The first-order valence-corrected chi connectivity index (χ1v) is 10.7. The predicted octanol–water partition coefficient (Wildman–Crippen LogP) is 4.06. The maximum atomic E-state index is 13.4. The fraction of sp³-hybridized carbons (Fsp3) is 0.0909. The molecule has 2 heterocycles. The predicted molar refractivity (Wildman–Crippen MR) is 112 cm³/mol. The number of hydrogen-bond acceptors (Lipinski definition) is 4. The largest absolute Gasteiger partial charge is 0.280 e. The summed E-state index contributed by atoms with van der Waals surface area (Å²) in [5, 5.41) is 7.30. The van der Waals surface area contributed by atoms with Gasteiger partial charge in [0, 0.05) is 23.5 Å². The molecule has 0 aliphatic rings. The number of nitrogens with zero attached hydrogens (tertiary/aromatic N) is 2. The van der Waals surface area contributed by atoms with Gasteiger partial charge in [-0.15, -0.1) is 0 Å². The Morgan fingerprint density at radius 1 is 0.933 bits per heavy atom. The lowest BCUT2D eigenvalue weighted by atomic mass is 10.00. The van der Waals surface area contributed by atoms with E-state index in [4.69, 9.17) is 0 Å². The summed E-state index contributed by atoms with van der Waals surface area (Å²) in [6, 6.07) is 16.3. The molecule has 30 heavy (non-hydrogen) atoms. The second-order valence-electron chi connectivity index (χ2n) is 6.81. The second kappa shape index (κ2) is 8.17. The third kappa shape index (κ3) is 4.14. The minimum Gasteiger partial charge on any atom is -0.280 e. The van der Waals surface area contributed by atoms with Crippen LogP contribution >= 0.6 is 0 Å². The maximum absolute atomic E-state index is 13.4. The average molecular weight is 422 g/mol. The quantitative estimate of drug-likeness (QED) is 0.490. The first kappa shape index (κ1) is 19.9. The number of hydrogen-bond donors (Lipinski definition) is 2. The van der Waals surface area contributed by atoms with Crippen molar-refractivity contribution < 1.29 is 12.8 Å². The van der Waals surface area contributed by atoms with Crippen molar-refractivity contribution in [1.29, 1.82) is 0 Å². The molecule has 0 atom stereocenters. The van der Waals surface area contributed by atoms with Crippen LogP contribution in [0.5, 0.6) is 0 Å². The van der Waals surface area contributed by atoms with Crippen LogP contribution < -0.4 is 4.72 Å².